The first-order valence-corrected chi connectivity index (χ1v) is 7.18. The van der Waals surface area contributed by atoms with Crippen LogP contribution >= 0.6 is 15.9 Å². The number of rotatable bonds is 2. The van der Waals surface area contributed by atoms with E-state index in [2.05, 4.69) is 15.9 Å². The Morgan fingerprint density at radius 1 is 0.810 bits per heavy atom. The molecule has 3 aromatic rings. The van der Waals surface area contributed by atoms with Crippen LogP contribution in [0.5, 0.6) is 0 Å². The molecule has 0 aliphatic heterocycles. The molecule has 0 aromatic heterocycles. The summed E-state index contributed by atoms with van der Waals surface area (Å²) in [5, 5.41) is 11.5. The van der Waals surface area contributed by atoms with Crippen molar-refractivity contribution in [3.05, 3.63) is 81.8 Å². The van der Waals surface area contributed by atoms with E-state index >= 15 is 0 Å². The summed E-state index contributed by atoms with van der Waals surface area (Å²) in [6.07, 6.45) is -1.16. The van der Waals surface area contributed by atoms with E-state index in [1.807, 2.05) is 0 Å². The molecule has 0 saturated carbocycles. The Morgan fingerprint density at radius 2 is 1.52 bits per heavy atom. The topological polar surface area (TPSA) is 20.2 Å². The highest BCUT2D eigenvalue weighted by Gasteiger charge is 2.19. The molecule has 0 aliphatic carbocycles. The second-order valence-electron chi connectivity index (χ2n) is 4.73. The van der Waals surface area contributed by atoms with Crippen LogP contribution in [0.4, 0.5) is 8.78 Å². The quantitative estimate of drug-likeness (QED) is 0.693. The lowest BCUT2D eigenvalue weighted by Crippen LogP contribution is -2.04. The zero-order valence-electron chi connectivity index (χ0n) is 10.9. The van der Waals surface area contributed by atoms with Crippen molar-refractivity contribution < 1.29 is 13.9 Å². The average molecular weight is 349 g/mol. The fourth-order valence-corrected chi connectivity index (χ4v) is 2.80. The second kappa shape index (κ2) is 5.54. The van der Waals surface area contributed by atoms with Gasteiger partial charge in [-0.2, -0.15) is 0 Å². The first-order valence-electron chi connectivity index (χ1n) is 6.38. The van der Waals surface area contributed by atoms with Crippen LogP contribution in [0.25, 0.3) is 10.8 Å². The molecule has 0 fully saturated rings. The monoisotopic (exact) mass is 348 g/mol. The standard InChI is InChI=1S/C17H11BrF2O/c18-14-7-3-6-13(16(14)20)17(21)12-8-9-15(19)11-5-2-1-4-10(11)12/h1-9,17,21H. The molecular weight excluding hydrogens is 338 g/mol. The van der Waals surface area contributed by atoms with Crippen molar-refractivity contribution in [2.24, 2.45) is 0 Å². The predicted octanol–water partition coefficient (Wildman–Crippen LogP) is 4.96. The lowest BCUT2D eigenvalue weighted by Gasteiger charge is -2.16. The van der Waals surface area contributed by atoms with Gasteiger partial charge in [0.1, 0.15) is 17.7 Å². The van der Waals surface area contributed by atoms with Crippen LogP contribution in [0, 0.1) is 11.6 Å². The van der Waals surface area contributed by atoms with Gasteiger partial charge >= 0.3 is 0 Å². The lowest BCUT2D eigenvalue weighted by atomic mass is 9.95. The summed E-state index contributed by atoms with van der Waals surface area (Å²) in [6, 6.07) is 14.3. The number of halogens is 3. The van der Waals surface area contributed by atoms with Crippen molar-refractivity contribution in [1.82, 2.24) is 0 Å². The fraction of sp³-hybridized carbons (Fsp3) is 0.0588. The minimum atomic E-state index is -1.16. The maximum absolute atomic E-state index is 14.1. The second-order valence-corrected chi connectivity index (χ2v) is 5.58. The molecular formula is C17H11BrF2O. The normalized spacial score (nSPS) is 12.6. The molecule has 0 amide bonds. The third kappa shape index (κ3) is 2.45. The number of fused-ring (bicyclic) bond motifs is 1. The van der Waals surface area contributed by atoms with Gasteiger partial charge in [0, 0.05) is 10.9 Å². The van der Waals surface area contributed by atoms with Crippen LogP contribution in [-0.2, 0) is 0 Å². The van der Waals surface area contributed by atoms with Crippen LogP contribution in [0.2, 0.25) is 0 Å². The zero-order valence-corrected chi connectivity index (χ0v) is 12.4. The van der Waals surface area contributed by atoms with Crippen LogP contribution in [0.1, 0.15) is 17.2 Å². The van der Waals surface area contributed by atoms with Gasteiger partial charge in [0.25, 0.3) is 0 Å². The molecule has 0 heterocycles. The van der Waals surface area contributed by atoms with E-state index in [0.717, 1.165) is 0 Å². The van der Waals surface area contributed by atoms with Crippen molar-refractivity contribution in [2.75, 3.05) is 0 Å². The van der Waals surface area contributed by atoms with Gasteiger partial charge in [0.2, 0.25) is 0 Å². The number of hydrogen-bond donors (Lipinski definition) is 1. The Hall–Kier alpha value is -1.78. The van der Waals surface area contributed by atoms with Gasteiger partial charge in [0.15, 0.2) is 0 Å². The van der Waals surface area contributed by atoms with Gasteiger partial charge in [-0.3, -0.25) is 0 Å². The maximum atomic E-state index is 14.1. The van der Waals surface area contributed by atoms with Gasteiger partial charge < -0.3 is 5.11 Å². The van der Waals surface area contributed by atoms with Crippen molar-refractivity contribution >= 4 is 26.7 Å². The molecule has 0 bridgehead atoms. The third-order valence-corrected chi connectivity index (χ3v) is 4.09. The van der Waals surface area contributed by atoms with Crippen LogP contribution in [0.3, 0.4) is 0 Å². The Labute approximate surface area is 129 Å². The van der Waals surface area contributed by atoms with Gasteiger partial charge in [0.05, 0.1) is 4.47 Å². The summed E-state index contributed by atoms with van der Waals surface area (Å²) in [7, 11) is 0. The van der Waals surface area contributed by atoms with E-state index in [-0.39, 0.29) is 15.9 Å². The van der Waals surface area contributed by atoms with Crippen molar-refractivity contribution in [3.8, 4) is 0 Å². The number of benzene rings is 3. The Balaban J connectivity index is 2.21. The van der Waals surface area contributed by atoms with Crippen molar-refractivity contribution in [3.63, 3.8) is 0 Å². The summed E-state index contributed by atoms with van der Waals surface area (Å²) in [6.45, 7) is 0. The molecule has 21 heavy (non-hydrogen) atoms. The SMILES string of the molecule is OC(c1cccc(Br)c1F)c1ccc(F)c2ccccc12. The molecule has 1 nitrogen and oxygen atoms in total. The maximum Gasteiger partial charge on any atom is 0.143 e. The highest BCUT2D eigenvalue weighted by molar-refractivity contribution is 9.10. The van der Waals surface area contributed by atoms with Gasteiger partial charge in [-0.15, -0.1) is 0 Å². The van der Waals surface area contributed by atoms with E-state index in [0.29, 0.717) is 16.3 Å². The summed E-state index contributed by atoms with van der Waals surface area (Å²) in [4.78, 5) is 0. The molecule has 1 unspecified atom stereocenters. The van der Waals surface area contributed by atoms with Crippen molar-refractivity contribution in [1.29, 1.82) is 0 Å². The molecule has 0 saturated heterocycles. The predicted molar refractivity (Wildman–Crippen MR) is 82.1 cm³/mol. The molecule has 4 heteroatoms. The lowest BCUT2D eigenvalue weighted by molar-refractivity contribution is 0.216. The van der Waals surface area contributed by atoms with E-state index in [1.165, 1.54) is 18.2 Å². The molecule has 3 rings (SSSR count). The zero-order chi connectivity index (χ0) is 15.0. The van der Waals surface area contributed by atoms with Crippen LogP contribution in [0.15, 0.2) is 59.1 Å². The molecule has 0 aliphatic rings. The Kier molecular flexibility index (Phi) is 3.74. The number of aliphatic hydroxyl groups is 1. The highest BCUT2D eigenvalue weighted by atomic mass is 79.9. The molecule has 106 valence electrons. The summed E-state index contributed by atoms with van der Waals surface area (Å²) in [5.74, 6) is -0.880. The van der Waals surface area contributed by atoms with E-state index in [4.69, 9.17) is 0 Å². The van der Waals surface area contributed by atoms with Crippen LogP contribution < -0.4 is 0 Å². The summed E-state index contributed by atoms with van der Waals surface area (Å²) in [5.41, 5.74) is 0.630. The molecule has 1 atom stereocenters. The molecule has 1 N–H and O–H groups in total. The minimum Gasteiger partial charge on any atom is -0.384 e. The largest absolute Gasteiger partial charge is 0.384 e. The number of aliphatic hydroxyl groups excluding tert-OH is 1. The third-order valence-electron chi connectivity index (χ3n) is 3.48. The highest BCUT2D eigenvalue weighted by Crippen LogP contribution is 2.33. The Morgan fingerprint density at radius 3 is 2.29 bits per heavy atom. The summed E-state index contributed by atoms with van der Waals surface area (Å²) >= 11 is 3.10. The average Bonchev–Trinajstić information content (AvgIpc) is 2.50. The summed E-state index contributed by atoms with van der Waals surface area (Å²) < 4.78 is 28.2. The first-order chi connectivity index (χ1) is 10.1. The fourth-order valence-electron chi connectivity index (χ4n) is 2.42. The van der Waals surface area contributed by atoms with Gasteiger partial charge in [-0.1, -0.05) is 42.5 Å². The molecule has 3 aromatic carbocycles. The van der Waals surface area contributed by atoms with E-state index < -0.39 is 11.9 Å². The number of hydrogen-bond acceptors (Lipinski definition) is 1. The van der Waals surface area contributed by atoms with Gasteiger partial charge in [-0.05, 0) is 39.0 Å². The molecule has 0 radical (unpaired) electrons. The van der Waals surface area contributed by atoms with E-state index in [1.54, 1.807) is 36.4 Å². The minimum absolute atomic E-state index is 0.154. The van der Waals surface area contributed by atoms with E-state index in [9.17, 15) is 13.9 Å². The first kappa shape index (κ1) is 14.2. The van der Waals surface area contributed by atoms with Gasteiger partial charge in [-0.25, -0.2) is 8.78 Å². The van der Waals surface area contributed by atoms with Crippen LogP contribution in [-0.4, -0.2) is 5.11 Å². The molecule has 0 spiro atoms. The Bertz CT molecular complexity index is 817. The smallest absolute Gasteiger partial charge is 0.143 e. The van der Waals surface area contributed by atoms with Crippen molar-refractivity contribution in [2.45, 2.75) is 6.10 Å².